The number of aliphatic hydroxyl groups excluding tert-OH is 1. The Morgan fingerprint density at radius 2 is 2.00 bits per heavy atom. The van der Waals surface area contributed by atoms with E-state index >= 15 is 0 Å². The first-order chi connectivity index (χ1) is 12.0. The average molecular weight is 350 g/mol. The maximum Gasteiger partial charge on any atom is 0.223 e. The molecule has 25 heavy (non-hydrogen) atoms. The Morgan fingerprint density at radius 1 is 1.32 bits per heavy atom. The van der Waals surface area contributed by atoms with Crippen molar-refractivity contribution in [3.63, 3.8) is 0 Å². The van der Waals surface area contributed by atoms with E-state index in [1.54, 1.807) is 4.90 Å². The fourth-order valence-electron chi connectivity index (χ4n) is 2.80. The maximum atomic E-state index is 12.4. The van der Waals surface area contributed by atoms with Gasteiger partial charge in [0, 0.05) is 27.1 Å². The Labute approximate surface area is 147 Å². The minimum atomic E-state index is -0.840. The molecule has 1 unspecified atom stereocenters. The molecule has 0 aromatic heterocycles. The molecule has 1 saturated heterocycles. The van der Waals surface area contributed by atoms with Gasteiger partial charge in [0.2, 0.25) is 11.8 Å². The van der Waals surface area contributed by atoms with Gasteiger partial charge in [0.1, 0.15) is 5.60 Å². The standard InChI is InChI=1S/C18H26N2O5/c1-14(22)20-7-8-25-13-18(12-20,24-2)9-17(23)19-10-15-3-5-16(11-21)6-4-15/h3-6,21H,7-13H2,1-2H3,(H,19,23). The first-order valence-electron chi connectivity index (χ1n) is 8.32. The van der Waals surface area contributed by atoms with Crippen molar-refractivity contribution in [3.8, 4) is 0 Å². The van der Waals surface area contributed by atoms with Crippen molar-refractivity contribution < 1.29 is 24.2 Å². The van der Waals surface area contributed by atoms with Crippen molar-refractivity contribution in [3.05, 3.63) is 35.4 Å². The van der Waals surface area contributed by atoms with E-state index in [2.05, 4.69) is 5.32 Å². The van der Waals surface area contributed by atoms with Crippen LogP contribution in [0.1, 0.15) is 24.5 Å². The molecule has 0 radical (unpaired) electrons. The number of ether oxygens (including phenoxy) is 2. The number of nitrogens with one attached hydrogen (secondary N) is 1. The summed E-state index contributed by atoms with van der Waals surface area (Å²) in [6, 6.07) is 7.37. The lowest BCUT2D eigenvalue weighted by atomic mass is 9.99. The van der Waals surface area contributed by atoms with Gasteiger partial charge in [-0.15, -0.1) is 0 Å². The summed E-state index contributed by atoms with van der Waals surface area (Å²) in [4.78, 5) is 25.7. The molecule has 1 aliphatic rings. The fourth-order valence-corrected chi connectivity index (χ4v) is 2.80. The predicted molar refractivity (Wildman–Crippen MR) is 91.6 cm³/mol. The van der Waals surface area contributed by atoms with Crippen molar-refractivity contribution in [1.29, 1.82) is 0 Å². The zero-order valence-electron chi connectivity index (χ0n) is 14.8. The SMILES string of the molecule is COC1(CC(=O)NCc2ccc(CO)cc2)COCCN(C(C)=O)C1. The van der Waals surface area contributed by atoms with Gasteiger partial charge in [-0.3, -0.25) is 9.59 Å². The third-order valence-electron chi connectivity index (χ3n) is 4.41. The van der Waals surface area contributed by atoms with Crippen LogP contribution < -0.4 is 5.32 Å². The number of rotatable bonds is 6. The number of nitrogens with zero attached hydrogens (tertiary/aromatic N) is 1. The summed E-state index contributed by atoms with van der Waals surface area (Å²) in [5.74, 6) is -0.224. The monoisotopic (exact) mass is 350 g/mol. The van der Waals surface area contributed by atoms with Gasteiger partial charge in [-0.25, -0.2) is 0 Å². The number of aliphatic hydroxyl groups is 1. The molecule has 1 aromatic rings. The number of benzene rings is 1. The number of hydrogen-bond acceptors (Lipinski definition) is 5. The third kappa shape index (κ3) is 5.52. The minimum absolute atomic E-state index is 0.00432. The topological polar surface area (TPSA) is 88.1 Å². The molecule has 0 bridgehead atoms. The van der Waals surface area contributed by atoms with Crippen molar-refractivity contribution in [1.82, 2.24) is 10.2 Å². The smallest absolute Gasteiger partial charge is 0.223 e. The third-order valence-corrected chi connectivity index (χ3v) is 4.41. The molecule has 1 atom stereocenters. The Hall–Kier alpha value is -1.96. The van der Waals surface area contributed by atoms with Crippen LogP contribution in [0.3, 0.4) is 0 Å². The lowest BCUT2D eigenvalue weighted by molar-refractivity contribution is -0.139. The maximum absolute atomic E-state index is 12.4. The fraction of sp³-hybridized carbons (Fsp3) is 0.556. The van der Waals surface area contributed by atoms with E-state index in [1.165, 1.54) is 14.0 Å². The first kappa shape index (κ1) is 19.4. The molecule has 1 aliphatic heterocycles. The molecule has 2 rings (SSSR count). The largest absolute Gasteiger partial charge is 0.392 e. The summed E-state index contributed by atoms with van der Waals surface area (Å²) in [6.07, 6.45) is 0.113. The Kier molecular flexibility index (Phi) is 6.92. The van der Waals surface area contributed by atoms with Gasteiger partial charge in [0.15, 0.2) is 0 Å². The van der Waals surface area contributed by atoms with E-state index in [-0.39, 0.29) is 31.4 Å². The molecule has 7 nitrogen and oxygen atoms in total. The zero-order valence-corrected chi connectivity index (χ0v) is 14.8. The predicted octanol–water partition coefficient (Wildman–Crippen LogP) is 0.449. The van der Waals surface area contributed by atoms with Crippen LogP contribution in [0.4, 0.5) is 0 Å². The van der Waals surface area contributed by atoms with E-state index in [4.69, 9.17) is 14.6 Å². The molecule has 1 fully saturated rings. The van der Waals surface area contributed by atoms with Crippen LogP contribution in [0, 0.1) is 0 Å². The van der Waals surface area contributed by atoms with Crippen molar-refractivity contribution in [2.75, 3.05) is 33.4 Å². The Morgan fingerprint density at radius 3 is 2.60 bits per heavy atom. The van der Waals surface area contributed by atoms with Crippen molar-refractivity contribution in [2.24, 2.45) is 0 Å². The summed E-state index contributed by atoms with van der Waals surface area (Å²) in [5, 5.41) is 11.9. The van der Waals surface area contributed by atoms with Crippen molar-refractivity contribution >= 4 is 11.8 Å². The molecule has 1 heterocycles. The molecular weight excluding hydrogens is 324 g/mol. The van der Waals surface area contributed by atoms with E-state index in [9.17, 15) is 9.59 Å². The van der Waals surface area contributed by atoms with Gasteiger partial charge < -0.3 is 24.8 Å². The van der Waals surface area contributed by atoms with Crippen LogP contribution in [0.15, 0.2) is 24.3 Å². The highest BCUT2D eigenvalue weighted by molar-refractivity contribution is 5.77. The van der Waals surface area contributed by atoms with E-state index in [0.29, 0.717) is 26.2 Å². The molecule has 2 N–H and O–H groups in total. The molecule has 138 valence electrons. The molecule has 0 aliphatic carbocycles. The molecular formula is C18H26N2O5. The Balaban J connectivity index is 1.94. The number of methoxy groups -OCH3 is 1. The van der Waals surface area contributed by atoms with Crippen LogP contribution in [0.5, 0.6) is 0 Å². The highest BCUT2D eigenvalue weighted by Crippen LogP contribution is 2.21. The quantitative estimate of drug-likeness (QED) is 0.778. The normalized spacial score (nSPS) is 20.8. The molecule has 2 amide bonds. The lowest BCUT2D eigenvalue weighted by Crippen LogP contribution is -2.50. The highest BCUT2D eigenvalue weighted by Gasteiger charge is 2.38. The summed E-state index contributed by atoms with van der Waals surface area (Å²) in [7, 11) is 1.54. The zero-order chi connectivity index (χ0) is 18.3. The number of carbonyl (C=O) groups excluding carboxylic acids is 2. The highest BCUT2D eigenvalue weighted by atomic mass is 16.5. The molecule has 1 aromatic carbocycles. The molecule has 0 spiro atoms. The van der Waals surface area contributed by atoms with Gasteiger partial charge in [-0.05, 0) is 11.1 Å². The van der Waals surface area contributed by atoms with Gasteiger partial charge >= 0.3 is 0 Å². The average Bonchev–Trinajstić information content (AvgIpc) is 2.84. The lowest BCUT2D eigenvalue weighted by Gasteiger charge is -2.33. The van der Waals surface area contributed by atoms with E-state index < -0.39 is 5.60 Å². The summed E-state index contributed by atoms with van der Waals surface area (Å²) < 4.78 is 11.1. The van der Waals surface area contributed by atoms with Gasteiger partial charge in [-0.1, -0.05) is 24.3 Å². The van der Waals surface area contributed by atoms with Crippen LogP contribution in [-0.4, -0.2) is 60.8 Å². The summed E-state index contributed by atoms with van der Waals surface area (Å²) in [6.45, 7) is 3.42. The van der Waals surface area contributed by atoms with Gasteiger partial charge in [0.25, 0.3) is 0 Å². The number of carbonyl (C=O) groups is 2. The summed E-state index contributed by atoms with van der Waals surface area (Å²) >= 11 is 0. The van der Waals surface area contributed by atoms with E-state index in [1.807, 2.05) is 24.3 Å². The number of amides is 2. The second kappa shape index (κ2) is 8.94. The summed E-state index contributed by atoms with van der Waals surface area (Å²) in [5.41, 5.74) is 0.931. The van der Waals surface area contributed by atoms with Gasteiger partial charge in [0.05, 0.1) is 32.8 Å². The van der Waals surface area contributed by atoms with Gasteiger partial charge in [-0.2, -0.15) is 0 Å². The first-order valence-corrected chi connectivity index (χ1v) is 8.32. The second-order valence-corrected chi connectivity index (χ2v) is 6.31. The minimum Gasteiger partial charge on any atom is -0.392 e. The van der Waals surface area contributed by atoms with Crippen LogP contribution in [-0.2, 0) is 32.2 Å². The molecule has 0 saturated carbocycles. The van der Waals surface area contributed by atoms with Crippen LogP contribution >= 0.6 is 0 Å². The Bertz CT molecular complexity index is 590. The second-order valence-electron chi connectivity index (χ2n) is 6.31. The number of hydrogen-bond donors (Lipinski definition) is 2. The van der Waals surface area contributed by atoms with Crippen LogP contribution in [0.25, 0.3) is 0 Å². The van der Waals surface area contributed by atoms with Crippen molar-refractivity contribution in [2.45, 2.75) is 32.1 Å². The van der Waals surface area contributed by atoms with Crippen LogP contribution in [0.2, 0.25) is 0 Å². The van der Waals surface area contributed by atoms with E-state index in [0.717, 1.165) is 11.1 Å². The molecule has 7 heteroatoms.